The van der Waals surface area contributed by atoms with E-state index in [9.17, 15) is 9.59 Å². The summed E-state index contributed by atoms with van der Waals surface area (Å²) in [5, 5.41) is 10.1. The molecular weight excluding hydrogens is 484 g/mol. The highest BCUT2D eigenvalue weighted by Gasteiger charge is 2.22. The average Bonchev–Trinajstić information content (AvgIpc) is 2.81. The number of fused-ring (bicyclic) bond motifs is 1. The van der Waals surface area contributed by atoms with E-state index in [1.165, 1.54) is 10.5 Å². The minimum atomic E-state index is -0.814. The summed E-state index contributed by atoms with van der Waals surface area (Å²) in [7, 11) is 0. The van der Waals surface area contributed by atoms with Crippen LogP contribution in [0.2, 0.25) is 0 Å². The Bertz CT molecular complexity index is 1270. The van der Waals surface area contributed by atoms with Gasteiger partial charge in [-0.1, -0.05) is 77.8 Å². The number of carbonyl (C=O) groups is 1. The van der Waals surface area contributed by atoms with Crippen LogP contribution in [-0.4, -0.2) is 23.4 Å². The quantitative estimate of drug-likeness (QED) is 0.142. The van der Waals surface area contributed by atoms with Crippen molar-refractivity contribution in [2.24, 2.45) is 5.41 Å². The molecule has 3 aromatic rings. The Morgan fingerprint density at radius 2 is 1.78 bits per heavy atom. The fourth-order valence-electron chi connectivity index (χ4n) is 4.58. The van der Waals surface area contributed by atoms with Crippen LogP contribution in [0.3, 0.4) is 0 Å². The number of ether oxygens (including phenoxy) is 1. The summed E-state index contributed by atoms with van der Waals surface area (Å²) in [5.74, 6) is 0.361. The van der Waals surface area contributed by atoms with E-state index >= 15 is 0 Å². The van der Waals surface area contributed by atoms with Gasteiger partial charge < -0.3 is 14.3 Å². The van der Waals surface area contributed by atoms with Gasteiger partial charge in [0.1, 0.15) is 5.58 Å². The lowest BCUT2D eigenvalue weighted by molar-refractivity contribution is -0.136. The molecule has 0 unspecified atom stereocenters. The summed E-state index contributed by atoms with van der Waals surface area (Å²) < 4.78 is 11.9. The van der Waals surface area contributed by atoms with Crippen molar-refractivity contribution in [1.29, 1.82) is 0 Å². The van der Waals surface area contributed by atoms with Crippen LogP contribution in [0, 0.1) is 5.41 Å². The maximum Gasteiger partial charge on any atom is 0.379 e. The maximum absolute atomic E-state index is 13.1. The summed E-state index contributed by atoms with van der Waals surface area (Å²) in [5.41, 5.74) is 4.29. The first kappa shape index (κ1) is 28.8. The molecule has 5 nitrogen and oxygen atoms in total. The smallest absolute Gasteiger partial charge is 0.379 e. The van der Waals surface area contributed by atoms with E-state index < -0.39 is 11.6 Å². The number of hydrogen-bond donors (Lipinski definition) is 1. The first-order valence-corrected chi connectivity index (χ1v) is 14.3. The number of rotatable bonds is 13. The molecule has 0 atom stereocenters. The van der Waals surface area contributed by atoms with Gasteiger partial charge in [0.05, 0.1) is 13.0 Å². The van der Waals surface area contributed by atoms with Crippen LogP contribution in [-0.2, 0) is 30.5 Å². The molecule has 0 aliphatic heterocycles. The molecule has 37 heavy (non-hydrogen) atoms. The Labute approximate surface area is 224 Å². The molecule has 0 amide bonds. The van der Waals surface area contributed by atoms with Crippen LogP contribution in [0.4, 0.5) is 0 Å². The third kappa shape index (κ3) is 8.13. The van der Waals surface area contributed by atoms with E-state index in [1.54, 1.807) is 11.8 Å². The zero-order chi connectivity index (χ0) is 27.0. The summed E-state index contributed by atoms with van der Waals surface area (Å²) in [6.45, 7) is 11.2. The number of thioether (sulfide) groups is 1. The van der Waals surface area contributed by atoms with Crippen molar-refractivity contribution >= 4 is 28.7 Å². The second-order valence-corrected chi connectivity index (χ2v) is 11.9. The molecule has 1 aromatic heterocycles. The molecule has 0 saturated carbocycles. The summed E-state index contributed by atoms with van der Waals surface area (Å²) in [4.78, 5) is 25.3. The van der Waals surface area contributed by atoms with Crippen molar-refractivity contribution in [3.05, 3.63) is 69.1 Å². The first-order valence-electron chi connectivity index (χ1n) is 13.3. The van der Waals surface area contributed by atoms with Crippen LogP contribution in [0.15, 0.2) is 50.5 Å². The van der Waals surface area contributed by atoms with Crippen LogP contribution in [0.5, 0.6) is 5.75 Å². The van der Waals surface area contributed by atoms with Gasteiger partial charge in [-0.15, -0.1) is 11.8 Å². The lowest BCUT2D eigenvalue weighted by Crippen LogP contribution is -2.17. The fourth-order valence-corrected chi connectivity index (χ4v) is 5.58. The Morgan fingerprint density at radius 3 is 2.46 bits per heavy atom. The number of aliphatic carboxylic acids is 1. The van der Waals surface area contributed by atoms with Gasteiger partial charge in [0.25, 0.3) is 0 Å². The van der Waals surface area contributed by atoms with Gasteiger partial charge in [-0.25, -0.2) is 4.79 Å². The predicted octanol–water partition coefficient (Wildman–Crippen LogP) is 7.47. The van der Waals surface area contributed by atoms with Crippen LogP contribution in [0.1, 0.15) is 76.1 Å². The monoisotopic (exact) mass is 524 g/mol. The summed E-state index contributed by atoms with van der Waals surface area (Å²) in [6, 6.07) is 12.1. The molecule has 3 rings (SSSR count). The second-order valence-electron chi connectivity index (χ2n) is 10.8. The number of para-hydroxylation sites is 1. The zero-order valence-electron chi connectivity index (χ0n) is 22.8. The molecule has 0 saturated heterocycles. The van der Waals surface area contributed by atoms with Crippen molar-refractivity contribution < 1.29 is 19.1 Å². The number of hydrogen-bond acceptors (Lipinski definition) is 5. The van der Waals surface area contributed by atoms with Crippen LogP contribution in [0.25, 0.3) is 11.0 Å². The van der Waals surface area contributed by atoms with Crippen molar-refractivity contribution in [2.75, 3.05) is 12.4 Å². The van der Waals surface area contributed by atoms with Crippen LogP contribution >= 0.6 is 11.8 Å². The highest BCUT2D eigenvalue weighted by molar-refractivity contribution is 7.99. The third-order valence-corrected chi connectivity index (χ3v) is 7.30. The van der Waals surface area contributed by atoms with Gasteiger partial charge in [0.2, 0.25) is 5.75 Å². The summed E-state index contributed by atoms with van der Waals surface area (Å²) in [6.07, 6.45) is 5.30. The van der Waals surface area contributed by atoms with E-state index in [0.29, 0.717) is 17.9 Å². The van der Waals surface area contributed by atoms with Crippen LogP contribution < -0.4 is 10.4 Å². The Hall–Kier alpha value is -2.73. The molecule has 0 spiro atoms. The van der Waals surface area contributed by atoms with Crippen molar-refractivity contribution in [3.8, 4) is 5.75 Å². The molecule has 6 heteroatoms. The molecule has 0 radical (unpaired) electrons. The first-order chi connectivity index (χ1) is 17.6. The SMILES string of the molecule is CCCc1cc(CC(=O)O)ccc1SCCCOc1c(CC(C)(C)C)c2cccc(CCC)c2oc1=O. The Morgan fingerprint density at radius 1 is 1.05 bits per heavy atom. The Balaban J connectivity index is 1.74. The van der Waals surface area contributed by atoms with E-state index in [4.69, 9.17) is 14.3 Å². The Kier molecular flexibility index (Phi) is 10.3. The van der Waals surface area contributed by atoms with E-state index in [0.717, 1.165) is 66.4 Å². The zero-order valence-corrected chi connectivity index (χ0v) is 23.6. The topological polar surface area (TPSA) is 76.7 Å². The van der Waals surface area contributed by atoms with Gasteiger partial charge in [-0.05, 0) is 53.9 Å². The molecule has 200 valence electrons. The highest BCUT2D eigenvalue weighted by Crippen LogP contribution is 2.33. The van der Waals surface area contributed by atoms with E-state index in [-0.39, 0.29) is 11.8 Å². The maximum atomic E-state index is 13.1. The number of carboxylic acid groups (broad SMARTS) is 1. The van der Waals surface area contributed by atoms with E-state index in [1.807, 2.05) is 36.4 Å². The number of benzene rings is 2. The van der Waals surface area contributed by atoms with Gasteiger partial charge in [0.15, 0.2) is 0 Å². The van der Waals surface area contributed by atoms with Crippen molar-refractivity contribution in [1.82, 2.24) is 0 Å². The van der Waals surface area contributed by atoms with Crippen molar-refractivity contribution in [3.63, 3.8) is 0 Å². The summed E-state index contributed by atoms with van der Waals surface area (Å²) >= 11 is 1.75. The molecule has 0 aliphatic rings. The van der Waals surface area contributed by atoms with Gasteiger partial charge in [-0.2, -0.15) is 0 Å². The molecule has 0 bridgehead atoms. The lowest BCUT2D eigenvalue weighted by Gasteiger charge is -2.21. The standard InChI is InChI=1S/C31H40O5S/c1-6-10-22-12-8-13-24-25(20-31(3,4)5)29(30(34)36-28(22)24)35-16-9-17-37-26-15-14-21(19-27(32)33)18-23(26)11-7-2/h8,12-15,18H,6-7,9-11,16-17,19-20H2,1-5H3,(H,32,33). The minimum absolute atomic E-state index is 0.0159. The number of aryl methyl sites for hydroxylation is 2. The second kappa shape index (κ2) is 13.2. The average molecular weight is 525 g/mol. The molecular formula is C31H40O5S. The van der Waals surface area contributed by atoms with Gasteiger partial charge in [-0.3, -0.25) is 4.79 Å². The molecule has 0 aliphatic carbocycles. The normalized spacial score (nSPS) is 11.7. The minimum Gasteiger partial charge on any atom is -0.486 e. The number of carboxylic acids is 1. The highest BCUT2D eigenvalue weighted by atomic mass is 32.2. The fraction of sp³-hybridized carbons (Fsp3) is 0.484. The van der Waals surface area contributed by atoms with Crippen molar-refractivity contribution in [2.45, 2.75) is 84.5 Å². The van der Waals surface area contributed by atoms with Gasteiger partial charge >= 0.3 is 11.6 Å². The molecule has 0 fully saturated rings. The van der Waals surface area contributed by atoms with Gasteiger partial charge in [0, 0.05) is 21.6 Å². The van der Waals surface area contributed by atoms with E-state index in [2.05, 4.69) is 34.6 Å². The largest absolute Gasteiger partial charge is 0.486 e. The lowest BCUT2D eigenvalue weighted by atomic mass is 9.86. The third-order valence-electron chi connectivity index (χ3n) is 6.09. The predicted molar refractivity (Wildman–Crippen MR) is 152 cm³/mol. The molecule has 2 aromatic carbocycles. The molecule has 1 N–H and O–H groups in total. The molecule has 1 heterocycles.